The first kappa shape index (κ1) is 12.2. The molecule has 0 saturated heterocycles. The van der Waals surface area contributed by atoms with Crippen molar-refractivity contribution in [3.8, 4) is 0 Å². The standard InChI is InChI=1S/C10H24OSi/c1-6-8-10(9(11)7-2)12(3,4)5/h9-11H,6-8H2,1-5H3. The molecule has 2 heteroatoms. The third-order valence-electron chi connectivity index (χ3n) is 2.59. The predicted molar refractivity (Wildman–Crippen MR) is 58.3 cm³/mol. The van der Waals surface area contributed by atoms with Crippen LogP contribution in [0.3, 0.4) is 0 Å². The van der Waals surface area contributed by atoms with Crippen LogP contribution >= 0.6 is 0 Å². The quantitative estimate of drug-likeness (QED) is 0.657. The van der Waals surface area contributed by atoms with Crippen molar-refractivity contribution in [1.29, 1.82) is 0 Å². The second kappa shape index (κ2) is 5.03. The van der Waals surface area contributed by atoms with Gasteiger partial charge < -0.3 is 5.11 Å². The Kier molecular flexibility index (Phi) is 5.10. The van der Waals surface area contributed by atoms with Crippen LogP contribution in [0.1, 0.15) is 33.1 Å². The summed E-state index contributed by atoms with van der Waals surface area (Å²) in [6, 6.07) is 0. The zero-order valence-electron chi connectivity index (χ0n) is 9.22. The van der Waals surface area contributed by atoms with Gasteiger partial charge in [0.2, 0.25) is 0 Å². The summed E-state index contributed by atoms with van der Waals surface area (Å²) in [4.78, 5) is 0. The van der Waals surface area contributed by atoms with Gasteiger partial charge in [-0.25, -0.2) is 0 Å². The highest BCUT2D eigenvalue weighted by Crippen LogP contribution is 2.31. The maximum absolute atomic E-state index is 9.82. The Bertz CT molecular complexity index is 117. The molecule has 0 amide bonds. The van der Waals surface area contributed by atoms with Gasteiger partial charge in [0.25, 0.3) is 0 Å². The van der Waals surface area contributed by atoms with Crippen molar-refractivity contribution in [2.75, 3.05) is 0 Å². The summed E-state index contributed by atoms with van der Waals surface area (Å²) >= 11 is 0. The first-order chi connectivity index (χ1) is 5.43. The topological polar surface area (TPSA) is 20.2 Å². The molecular weight excluding hydrogens is 164 g/mol. The SMILES string of the molecule is CCCC(C(O)CC)[Si](C)(C)C. The minimum absolute atomic E-state index is 0.0587. The largest absolute Gasteiger partial charge is 0.393 e. The molecule has 1 nitrogen and oxygen atoms in total. The minimum atomic E-state index is -1.14. The number of rotatable bonds is 5. The van der Waals surface area contributed by atoms with Gasteiger partial charge in [0.05, 0.1) is 14.2 Å². The van der Waals surface area contributed by atoms with Crippen molar-refractivity contribution in [3.05, 3.63) is 0 Å². The molecule has 74 valence electrons. The Labute approximate surface area is 78.2 Å². The second-order valence-electron chi connectivity index (χ2n) is 4.74. The van der Waals surface area contributed by atoms with Gasteiger partial charge in [0.1, 0.15) is 0 Å². The molecule has 0 aromatic rings. The molecular formula is C10H24OSi. The number of aliphatic hydroxyl groups is 1. The highest BCUT2D eigenvalue weighted by atomic mass is 28.3. The van der Waals surface area contributed by atoms with Gasteiger partial charge in [-0.1, -0.05) is 46.3 Å². The molecule has 0 heterocycles. The number of hydrogen-bond acceptors (Lipinski definition) is 1. The third-order valence-corrected chi connectivity index (χ3v) is 5.49. The fourth-order valence-electron chi connectivity index (χ4n) is 1.80. The zero-order chi connectivity index (χ0) is 9.78. The van der Waals surface area contributed by atoms with Gasteiger partial charge in [-0.05, 0) is 12.0 Å². The summed E-state index contributed by atoms with van der Waals surface area (Å²) in [7, 11) is -1.14. The normalized spacial score (nSPS) is 17.5. The van der Waals surface area contributed by atoms with Gasteiger partial charge >= 0.3 is 0 Å². The van der Waals surface area contributed by atoms with E-state index in [1.165, 1.54) is 12.8 Å². The molecule has 0 aliphatic rings. The second-order valence-corrected chi connectivity index (χ2v) is 10.2. The highest BCUT2D eigenvalue weighted by Gasteiger charge is 2.30. The van der Waals surface area contributed by atoms with Crippen LogP contribution in [0.5, 0.6) is 0 Å². The van der Waals surface area contributed by atoms with Gasteiger partial charge in [-0.3, -0.25) is 0 Å². The Hall–Kier alpha value is 0.177. The molecule has 0 aliphatic heterocycles. The van der Waals surface area contributed by atoms with Crippen LogP contribution in [0.4, 0.5) is 0 Å². The van der Waals surface area contributed by atoms with Crippen LogP contribution < -0.4 is 0 Å². The van der Waals surface area contributed by atoms with Crippen LogP contribution in [-0.4, -0.2) is 19.3 Å². The molecule has 0 fully saturated rings. The van der Waals surface area contributed by atoms with Crippen molar-refractivity contribution >= 4 is 8.07 Å². The van der Waals surface area contributed by atoms with E-state index in [9.17, 15) is 5.11 Å². The van der Waals surface area contributed by atoms with Crippen molar-refractivity contribution < 1.29 is 5.11 Å². The van der Waals surface area contributed by atoms with E-state index in [1.807, 2.05) is 0 Å². The molecule has 0 spiro atoms. The average Bonchev–Trinajstić information content (AvgIpc) is 1.96. The molecule has 0 aliphatic carbocycles. The molecule has 0 rings (SSSR count). The molecule has 0 radical (unpaired) electrons. The van der Waals surface area contributed by atoms with Gasteiger partial charge in [-0.15, -0.1) is 0 Å². The smallest absolute Gasteiger partial charge is 0.0542 e. The summed E-state index contributed by atoms with van der Waals surface area (Å²) in [5.74, 6) is 0. The van der Waals surface area contributed by atoms with E-state index < -0.39 is 8.07 Å². The van der Waals surface area contributed by atoms with Gasteiger partial charge in [0.15, 0.2) is 0 Å². The fraction of sp³-hybridized carbons (Fsp3) is 1.00. The van der Waals surface area contributed by atoms with Gasteiger partial charge in [0, 0.05) is 0 Å². The van der Waals surface area contributed by atoms with Gasteiger partial charge in [-0.2, -0.15) is 0 Å². The molecule has 0 saturated carbocycles. The van der Waals surface area contributed by atoms with Crippen LogP contribution in [0.25, 0.3) is 0 Å². The van der Waals surface area contributed by atoms with E-state index in [2.05, 4.69) is 33.5 Å². The van der Waals surface area contributed by atoms with Crippen LogP contribution in [0.15, 0.2) is 0 Å². The lowest BCUT2D eigenvalue weighted by Crippen LogP contribution is -2.35. The summed E-state index contributed by atoms with van der Waals surface area (Å²) < 4.78 is 0. The average molecular weight is 188 g/mol. The monoisotopic (exact) mass is 188 g/mol. The molecule has 2 unspecified atom stereocenters. The molecule has 0 aromatic carbocycles. The molecule has 0 bridgehead atoms. The summed E-state index contributed by atoms with van der Waals surface area (Å²) in [5.41, 5.74) is 0.590. The van der Waals surface area contributed by atoms with Crippen molar-refractivity contribution in [1.82, 2.24) is 0 Å². The molecule has 0 aromatic heterocycles. The lowest BCUT2D eigenvalue weighted by atomic mass is 10.1. The molecule has 2 atom stereocenters. The van der Waals surface area contributed by atoms with Crippen molar-refractivity contribution in [3.63, 3.8) is 0 Å². The van der Waals surface area contributed by atoms with E-state index >= 15 is 0 Å². The number of hydrogen-bond donors (Lipinski definition) is 1. The van der Waals surface area contributed by atoms with Crippen molar-refractivity contribution in [2.45, 2.75) is 64.4 Å². The maximum Gasteiger partial charge on any atom is 0.0542 e. The fourth-order valence-corrected chi connectivity index (χ4v) is 4.34. The van der Waals surface area contributed by atoms with E-state index in [1.54, 1.807) is 0 Å². The Morgan fingerprint density at radius 1 is 1.17 bits per heavy atom. The lowest BCUT2D eigenvalue weighted by molar-refractivity contribution is 0.154. The van der Waals surface area contributed by atoms with Crippen LogP contribution in [0, 0.1) is 0 Å². The van der Waals surface area contributed by atoms with E-state index in [-0.39, 0.29) is 6.10 Å². The zero-order valence-corrected chi connectivity index (χ0v) is 10.2. The highest BCUT2D eigenvalue weighted by molar-refractivity contribution is 6.77. The van der Waals surface area contributed by atoms with E-state index in [0.29, 0.717) is 5.54 Å². The van der Waals surface area contributed by atoms with Crippen LogP contribution in [-0.2, 0) is 0 Å². The Balaban J connectivity index is 4.22. The minimum Gasteiger partial charge on any atom is -0.393 e. The molecule has 12 heavy (non-hydrogen) atoms. The summed E-state index contributed by atoms with van der Waals surface area (Å²) in [6.45, 7) is 11.3. The first-order valence-corrected chi connectivity index (χ1v) is 8.69. The van der Waals surface area contributed by atoms with Crippen LogP contribution in [0.2, 0.25) is 25.2 Å². The predicted octanol–water partition coefficient (Wildman–Crippen LogP) is 3.27. The summed E-state index contributed by atoms with van der Waals surface area (Å²) in [5, 5.41) is 9.82. The van der Waals surface area contributed by atoms with E-state index in [4.69, 9.17) is 0 Å². The Morgan fingerprint density at radius 3 is 1.92 bits per heavy atom. The Morgan fingerprint density at radius 2 is 1.67 bits per heavy atom. The van der Waals surface area contributed by atoms with E-state index in [0.717, 1.165) is 6.42 Å². The van der Waals surface area contributed by atoms with Crippen molar-refractivity contribution in [2.24, 2.45) is 0 Å². The summed E-state index contributed by atoms with van der Waals surface area (Å²) in [6.07, 6.45) is 3.25. The third kappa shape index (κ3) is 3.72. The number of aliphatic hydroxyl groups excluding tert-OH is 1. The lowest BCUT2D eigenvalue weighted by Gasteiger charge is -2.32. The molecule has 1 N–H and O–H groups in total. The maximum atomic E-state index is 9.82. The first-order valence-electron chi connectivity index (χ1n) is 5.11.